The minimum Gasteiger partial charge on any atom is -0.489 e. The van der Waals surface area contributed by atoms with Crippen molar-refractivity contribution >= 4 is 16.9 Å². The molecule has 1 spiro atoms. The first-order chi connectivity index (χ1) is 13.1. The van der Waals surface area contributed by atoms with Gasteiger partial charge in [-0.3, -0.25) is 0 Å². The first kappa shape index (κ1) is 17.0. The lowest BCUT2D eigenvalue weighted by molar-refractivity contribution is -0.108. The summed E-state index contributed by atoms with van der Waals surface area (Å²) in [7, 11) is 0. The van der Waals surface area contributed by atoms with Crippen LogP contribution in [-0.4, -0.2) is 34.7 Å². The number of amidine groups is 1. The van der Waals surface area contributed by atoms with Crippen LogP contribution in [0.2, 0.25) is 0 Å². The summed E-state index contributed by atoms with van der Waals surface area (Å²) < 4.78 is 26.5. The highest BCUT2D eigenvalue weighted by Gasteiger charge is 2.56. The van der Waals surface area contributed by atoms with Crippen LogP contribution in [0.15, 0.2) is 41.5 Å². The van der Waals surface area contributed by atoms with Crippen molar-refractivity contribution < 1.29 is 13.9 Å². The summed E-state index contributed by atoms with van der Waals surface area (Å²) >= 11 is 1.56. The highest BCUT2D eigenvalue weighted by Crippen LogP contribution is 2.54. The van der Waals surface area contributed by atoms with Crippen LogP contribution < -0.4 is 10.5 Å². The van der Waals surface area contributed by atoms with E-state index in [1.54, 1.807) is 23.9 Å². The summed E-state index contributed by atoms with van der Waals surface area (Å²) in [6.45, 7) is 2.76. The molecule has 7 heteroatoms. The van der Waals surface area contributed by atoms with E-state index >= 15 is 0 Å². The molecule has 0 amide bonds. The zero-order chi connectivity index (χ0) is 18.6. The molecule has 2 aromatic rings. The minimum atomic E-state index is -0.512. The average molecular weight is 385 g/mol. The Bertz CT molecular complexity index is 937. The normalized spacial score (nSPS) is 31.8. The van der Waals surface area contributed by atoms with Gasteiger partial charge in [0, 0.05) is 29.5 Å². The molecule has 1 aromatic carbocycles. The molecule has 1 unspecified atom stereocenters. The molecular formula is C20H20FN3O2S. The molecule has 3 aliphatic heterocycles. The summed E-state index contributed by atoms with van der Waals surface area (Å²) in [5.41, 5.74) is 7.77. The van der Waals surface area contributed by atoms with Crippen LogP contribution in [0.1, 0.15) is 18.9 Å². The van der Waals surface area contributed by atoms with E-state index in [9.17, 15) is 4.39 Å². The van der Waals surface area contributed by atoms with Crippen molar-refractivity contribution in [2.45, 2.75) is 31.1 Å². The van der Waals surface area contributed by atoms with E-state index in [2.05, 4.69) is 11.9 Å². The van der Waals surface area contributed by atoms with E-state index in [4.69, 9.17) is 20.2 Å². The minimum absolute atomic E-state index is 0.00549. The van der Waals surface area contributed by atoms with E-state index in [1.165, 1.54) is 6.20 Å². The Labute approximate surface area is 161 Å². The van der Waals surface area contributed by atoms with Crippen molar-refractivity contribution in [1.29, 1.82) is 0 Å². The van der Waals surface area contributed by atoms with Gasteiger partial charge in [0.15, 0.2) is 5.17 Å². The Balaban J connectivity index is 1.70. The molecule has 1 aromatic heterocycles. The highest BCUT2D eigenvalue weighted by molar-refractivity contribution is 8.14. The zero-order valence-electron chi connectivity index (χ0n) is 14.9. The molecule has 0 saturated carbocycles. The lowest BCUT2D eigenvalue weighted by Gasteiger charge is -2.49. The van der Waals surface area contributed by atoms with E-state index in [0.29, 0.717) is 17.3 Å². The van der Waals surface area contributed by atoms with Gasteiger partial charge in [-0.1, -0.05) is 17.8 Å². The number of benzene rings is 1. The Morgan fingerprint density at radius 1 is 1.33 bits per heavy atom. The second-order valence-electron chi connectivity index (χ2n) is 7.26. The number of hydrogen-bond acceptors (Lipinski definition) is 6. The molecular weight excluding hydrogens is 365 g/mol. The summed E-state index contributed by atoms with van der Waals surface area (Å²) in [6.07, 6.45) is 2.32. The van der Waals surface area contributed by atoms with E-state index < -0.39 is 11.5 Å². The van der Waals surface area contributed by atoms with Crippen molar-refractivity contribution in [3.05, 3.63) is 48.0 Å². The SMILES string of the molecule is C[C@H]1OCCC2Oc3ccc(-c4cccnc4F)cc3[C@@]3(CSC(N)=N3)[C@@H]21. The number of nitrogens with zero attached hydrogens (tertiary/aromatic N) is 2. The van der Waals surface area contributed by atoms with Crippen LogP contribution in [0.5, 0.6) is 5.75 Å². The maximum Gasteiger partial charge on any atom is 0.220 e. The van der Waals surface area contributed by atoms with Crippen molar-refractivity contribution in [2.75, 3.05) is 12.4 Å². The molecule has 2 N–H and O–H groups in total. The summed E-state index contributed by atoms with van der Waals surface area (Å²) in [6, 6.07) is 9.25. The average Bonchev–Trinajstić information content (AvgIpc) is 3.04. The number of pyridine rings is 1. The fourth-order valence-corrected chi connectivity index (χ4v) is 5.63. The second kappa shape index (κ2) is 6.21. The monoisotopic (exact) mass is 385 g/mol. The quantitative estimate of drug-likeness (QED) is 0.763. The third-order valence-electron chi connectivity index (χ3n) is 5.79. The molecule has 1 fully saturated rings. The molecule has 0 bridgehead atoms. The lowest BCUT2D eigenvalue weighted by atomic mass is 9.70. The van der Waals surface area contributed by atoms with Crippen molar-refractivity contribution in [3.8, 4) is 16.9 Å². The topological polar surface area (TPSA) is 69.7 Å². The predicted octanol–water partition coefficient (Wildman–Crippen LogP) is 3.33. The molecule has 27 heavy (non-hydrogen) atoms. The summed E-state index contributed by atoms with van der Waals surface area (Å²) in [4.78, 5) is 8.68. The Hall–Kier alpha value is -2.12. The lowest BCUT2D eigenvalue weighted by Crippen LogP contribution is -2.55. The van der Waals surface area contributed by atoms with Crippen molar-refractivity contribution in [1.82, 2.24) is 4.98 Å². The van der Waals surface area contributed by atoms with E-state index in [1.807, 2.05) is 18.2 Å². The first-order valence-corrected chi connectivity index (χ1v) is 10.1. The number of hydrogen-bond donors (Lipinski definition) is 1. The number of nitrogens with two attached hydrogens (primary N) is 1. The van der Waals surface area contributed by atoms with E-state index in [0.717, 1.165) is 29.1 Å². The maximum absolute atomic E-state index is 14.3. The number of ether oxygens (including phenoxy) is 2. The predicted molar refractivity (Wildman–Crippen MR) is 103 cm³/mol. The largest absolute Gasteiger partial charge is 0.489 e. The van der Waals surface area contributed by atoms with Gasteiger partial charge in [-0.05, 0) is 36.8 Å². The van der Waals surface area contributed by atoms with Gasteiger partial charge in [0.1, 0.15) is 17.4 Å². The Morgan fingerprint density at radius 2 is 2.22 bits per heavy atom. The number of aliphatic imine (C=N–C) groups is 1. The third-order valence-corrected chi connectivity index (χ3v) is 6.76. The number of halogens is 1. The Kier molecular flexibility index (Phi) is 3.91. The summed E-state index contributed by atoms with van der Waals surface area (Å²) in [5.74, 6) is 1.13. The van der Waals surface area contributed by atoms with Gasteiger partial charge in [0.05, 0.1) is 18.6 Å². The number of aromatic nitrogens is 1. The van der Waals surface area contributed by atoms with Gasteiger partial charge >= 0.3 is 0 Å². The molecule has 5 rings (SSSR count). The molecule has 0 radical (unpaired) electrons. The van der Waals surface area contributed by atoms with Crippen LogP contribution >= 0.6 is 11.8 Å². The van der Waals surface area contributed by atoms with Crippen LogP contribution in [0, 0.1) is 11.9 Å². The molecule has 5 nitrogen and oxygen atoms in total. The van der Waals surface area contributed by atoms with Crippen LogP contribution in [0.4, 0.5) is 4.39 Å². The number of rotatable bonds is 1. The zero-order valence-corrected chi connectivity index (χ0v) is 15.7. The summed E-state index contributed by atoms with van der Waals surface area (Å²) in [5, 5.41) is 0.581. The maximum atomic E-state index is 14.3. The van der Waals surface area contributed by atoms with Crippen LogP contribution in [0.25, 0.3) is 11.1 Å². The third kappa shape index (κ3) is 2.56. The van der Waals surface area contributed by atoms with Crippen molar-refractivity contribution in [3.63, 3.8) is 0 Å². The van der Waals surface area contributed by atoms with Crippen LogP contribution in [0.3, 0.4) is 0 Å². The van der Waals surface area contributed by atoms with E-state index in [-0.39, 0.29) is 18.1 Å². The van der Waals surface area contributed by atoms with Gasteiger partial charge in [0.25, 0.3) is 0 Å². The van der Waals surface area contributed by atoms with Gasteiger partial charge in [-0.15, -0.1) is 0 Å². The van der Waals surface area contributed by atoms with Gasteiger partial charge in [0.2, 0.25) is 5.95 Å². The molecule has 3 aliphatic rings. The molecule has 1 saturated heterocycles. The highest BCUT2D eigenvalue weighted by atomic mass is 32.2. The van der Waals surface area contributed by atoms with Crippen molar-refractivity contribution in [2.24, 2.45) is 16.6 Å². The fourth-order valence-electron chi connectivity index (χ4n) is 4.62. The molecule has 0 aliphatic carbocycles. The van der Waals surface area contributed by atoms with Crippen LogP contribution in [-0.2, 0) is 10.3 Å². The van der Waals surface area contributed by atoms with Gasteiger partial charge in [-0.2, -0.15) is 4.39 Å². The standard InChI is InChI=1S/C20H20FN3O2S/c1-11-17-16(6-8-25-11)26-15-5-4-12(13-3-2-7-23-18(13)21)9-14(15)20(17)10-27-19(22)24-20/h2-5,7,9,11,16-17H,6,8,10H2,1H3,(H2,22,24)/t11-,16?,17-,20+/m1/s1. The van der Waals surface area contributed by atoms with Gasteiger partial charge < -0.3 is 15.2 Å². The number of thioether (sulfide) groups is 1. The molecule has 4 heterocycles. The van der Waals surface area contributed by atoms with Gasteiger partial charge in [-0.25, -0.2) is 9.98 Å². The second-order valence-corrected chi connectivity index (χ2v) is 8.26. The number of fused-ring (bicyclic) bond motifs is 4. The molecule has 4 atom stereocenters. The smallest absolute Gasteiger partial charge is 0.220 e. The Morgan fingerprint density at radius 3 is 3.00 bits per heavy atom. The molecule has 140 valence electrons. The fraction of sp³-hybridized carbons (Fsp3) is 0.400. The first-order valence-electron chi connectivity index (χ1n) is 9.10.